The fraction of sp³-hybridized carbons (Fsp3) is 0.452. The molecule has 8 heteroatoms. The highest BCUT2D eigenvalue weighted by Crippen LogP contribution is 2.22. The first kappa shape index (κ1) is 38.2. The molecule has 3 aromatic carbocycles. The quantitative estimate of drug-likeness (QED) is 0.0419. The number of nitrogens with zero attached hydrogens (tertiary/aromatic N) is 1. The smallest absolute Gasteiger partial charge is 0.348 e. The van der Waals surface area contributed by atoms with Gasteiger partial charge in [0.05, 0.1) is 36.3 Å². The first-order valence-corrected chi connectivity index (χ1v) is 18.6. The molecule has 1 heterocycles. The molecule has 8 nitrogen and oxygen atoms in total. The number of hydrogen-bond acceptors (Lipinski definition) is 8. The van der Waals surface area contributed by atoms with Crippen molar-refractivity contribution in [3.63, 3.8) is 0 Å². The number of para-hydroxylation sites is 1. The van der Waals surface area contributed by atoms with E-state index < -0.39 is 5.63 Å². The molecule has 0 aliphatic carbocycles. The molecule has 4 rings (SSSR count). The van der Waals surface area contributed by atoms with Crippen LogP contribution in [0.3, 0.4) is 0 Å². The fourth-order valence-electron chi connectivity index (χ4n) is 5.58. The summed E-state index contributed by atoms with van der Waals surface area (Å²) in [5, 5.41) is 3.44. The van der Waals surface area contributed by atoms with Crippen LogP contribution in [0.1, 0.15) is 114 Å². The number of aromatic nitrogens is 1. The van der Waals surface area contributed by atoms with Crippen molar-refractivity contribution >= 4 is 28.6 Å². The highest BCUT2D eigenvalue weighted by atomic mass is 16.5. The largest absolute Gasteiger partial charge is 0.494 e. The summed E-state index contributed by atoms with van der Waals surface area (Å²) in [5.74, 6) is 1.01. The number of rotatable bonds is 25. The molecule has 4 aromatic rings. The Bertz CT molecular complexity index is 1630. The Hall–Kier alpha value is -4.59. The molecule has 0 bridgehead atoms. The lowest BCUT2D eigenvalue weighted by atomic mass is 10.1. The molecule has 1 N–H and O–H groups in total. The van der Waals surface area contributed by atoms with Crippen LogP contribution >= 0.6 is 0 Å². The molecule has 50 heavy (non-hydrogen) atoms. The fourth-order valence-corrected chi connectivity index (χ4v) is 5.58. The molecule has 0 atom stereocenters. The van der Waals surface area contributed by atoms with Crippen molar-refractivity contribution in [2.75, 3.05) is 25.1 Å². The Labute approximate surface area is 297 Å². The molecular formula is C42H54N2O6. The Morgan fingerprint density at radius 2 is 1.36 bits per heavy atom. The number of ether oxygens (including phenoxy) is 3. The normalized spacial score (nSPS) is 11.2. The number of allylic oxidation sites excluding steroid dienone is 2. The summed E-state index contributed by atoms with van der Waals surface area (Å²) >= 11 is 0. The summed E-state index contributed by atoms with van der Waals surface area (Å²) in [6, 6.07) is 21.5. The molecule has 1 aromatic heterocycles. The van der Waals surface area contributed by atoms with Gasteiger partial charge >= 0.3 is 17.6 Å². The summed E-state index contributed by atoms with van der Waals surface area (Å²) in [6.45, 7) is 3.55. The van der Waals surface area contributed by atoms with Crippen LogP contribution in [0.4, 0.5) is 11.7 Å². The first-order chi connectivity index (χ1) is 24.6. The summed E-state index contributed by atoms with van der Waals surface area (Å²) in [5.41, 5.74) is 1.25. The lowest BCUT2D eigenvalue weighted by Crippen LogP contribution is -2.09. The highest BCUT2D eigenvalue weighted by Gasteiger charge is 2.09. The molecule has 0 aliphatic rings. The standard InChI is InChI=1S/C42H54N2O6/c1-2-3-4-5-6-7-8-9-10-11-12-13-14-15-16-19-30-47-36-28-26-34(27-29-36)40(45)49-32-21-31-48-37-23-20-22-35(33-37)43-42-44-39-25-18-17-24-38(39)41(46)50-42/h9-10,17-18,20,22-29,33H,2-8,11-16,19,21,30-32H2,1H3,(H,43,44)/b10-9+. The maximum Gasteiger partial charge on any atom is 0.348 e. The number of carbonyl (C=O) groups excluding carboxylic acids is 1. The number of esters is 1. The van der Waals surface area contributed by atoms with Crippen LogP contribution in [0.5, 0.6) is 11.5 Å². The van der Waals surface area contributed by atoms with Gasteiger partial charge in [-0.15, -0.1) is 0 Å². The van der Waals surface area contributed by atoms with Gasteiger partial charge in [-0.3, -0.25) is 0 Å². The van der Waals surface area contributed by atoms with Crippen LogP contribution in [0.2, 0.25) is 0 Å². The summed E-state index contributed by atoms with van der Waals surface area (Å²) < 4.78 is 22.4. The van der Waals surface area contributed by atoms with Crippen molar-refractivity contribution in [3.05, 3.63) is 101 Å². The number of hydrogen-bond donors (Lipinski definition) is 1. The highest BCUT2D eigenvalue weighted by molar-refractivity contribution is 5.89. The second-order valence-corrected chi connectivity index (χ2v) is 12.6. The predicted octanol–water partition coefficient (Wildman–Crippen LogP) is 11.0. The van der Waals surface area contributed by atoms with Crippen LogP contribution in [0, 0.1) is 0 Å². The Kier molecular flexibility index (Phi) is 17.5. The molecular weight excluding hydrogens is 628 g/mol. The van der Waals surface area contributed by atoms with Gasteiger partial charge in [-0.2, -0.15) is 4.98 Å². The monoisotopic (exact) mass is 682 g/mol. The maximum atomic E-state index is 12.5. The second kappa shape index (κ2) is 22.9. The van der Waals surface area contributed by atoms with Crippen LogP contribution in [0.25, 0.3) is 10.9 Å². The average Bonchev–Trinajstić information content (AvgIpc) is 3.13. The van der Waals surface area contributed by atoms with Gasteiger partial charge in [0.1, 0.15) is 11.5 Å². The average molecular weight is 683 g/mol. The van der Waals surface area contributed by atoms with Crippen molar-refractivity contribution < 1.29 is 23.4 Å². The van der Waals surface area contributed by atoms with Crippen LogP contribution < -0.4 is 20.4 Å². The number of unbranched alkanes of at least 4 members (excludes halogenated alkanes) is 12. The van der Waals surface area contributed by atoms with E-state index in [9.17, 15) is 9.59 Å². The van der Waals surface area contributed by atoms with E-state index in [-0.39, 0.29) is 18.6 Å². The minimum absolute atomic E-state index is 0.103. The second-order valence-electron chi connectivity index (χ2n) is 12.6. The Morgan fingerprint density at radius 1 is 0.700 bits per heavy atom. The first-order valence-electron chi connectivity index (χ1n) is 18.6. The molecule has 0 fully saturated rings. The number of fused-ring (bicyclic) bond motifs is 1. The zero-order valence-corrected chi connectivity index (χ0v) is 29.7. The third kappa shape index (κ3) is 14.5. The van der Waals surface area contributed by atoms with Gasteiger partial charge in [-0.1, -0.05) is 95.1 Å². The van der Waals surface area contributed by atoms with Crippen molar-refractivity contribution in [2.45, 2.75) is 103 Å². The SMILES string of the molecule is CCCCCCCC/C=C/CCCCCCCCOc1ccc(C(=O)OCCCOc2cccc(Nc3nc4ccccc4c(=O)o3)c2)cc1. The molecule has 0 saturated heterocycles. The minimum atomic E-state index is -0.455. The molecule has 0 unspecified atom stereocenters. The van der Waals surface area contributed by atoms with Crippen LogP contribution in [-0.2, 0) is 4.74 Å². The van der Waals surface area contributed by atoms with E-state index >= 15 is 0 Å². The van der Waals surface area contributed by atoms with E-state index in [2.05, 4.69) is 29.4 Å². The molecule has 0 saturated carbocycles. The summed E-state index contributed by atoms with van der Waals surface area (Å²) in [7, 11) is 0. The summed E-state index contributed by atoms with van der Waals surface area (Å²) in [6.07, 6.45) is 23.3. The van der Waals surface area contributed by atoms with Gasteiger partial charge in [0.15, 0.2) is 0 Å². The van der Waals surface area contributed by atoms with Crippen molar-refractivity contribution in [1.29, 1.82) is 0 Å². The predicted molar refractivity (Wildman–Crippen MR) is 202 cm³/mol. The van der Waals surface area contributed by atoms with Gasteiger partial charge in [-0.25, -0.2) is 9.59 Å². The third-order valence-electron chi connectivity index (χ3n) is 8.43. The number of anilines is 2. The van der Waals surface area contributed by atoms with E-state index in [1.54, 1.807) is 36.4 Å². The molecule has 0 radical (unpaired) electrons. The topological polar surface area (TPSA) is 99.9 Å². The van der Waals surface area contributed by atoms with Gasteiger partial charge in [-0.05, 0) is 80.6 Å². The van der Waals surface area contributed by atoms with E-state index in [0.29, 0.717) is 47.5 Å². The van der Waals surface area contributed by atoms with Gasteiger partial charge < -0.3 is 23.9 Å². The lowest BCUT2D eigenvalue weighted by molar-refractivity contribution is 0.0486. The third-order valence-corrected chi connectivity index (χ3v) is 8.43. The van der Waals surface area contributed by atoms with Gasteiger partial charge in [0, 0.05) is 18.2 Å². The van der Waals surface area contributed by atoms with Crippen molar-refractivity contribution in [3.8, 4) is 11.5 Å². The Morgan fingerprint density at radius 3 is 2.12 bits per heavy atom. The van der Waals surface area contributed by atoms with E-state index in [4.69, 9.17) is 18.6 Å². The lowest BCUT2D eigenvalue weighted by Gasteiger charge is -2.10. The number of carbonyl (C=O) groups is 1. The van der Waals surface area contributed by atoms with Crippen molar-refractivity contribution in [2.24, 2.45) is 0 Å². The van der Waals surface area contributed by atoms with E-state index in [1.807, 2.05) is 36.4 Å². The van der Waals surface area contributed by atoms with E-state index in [1.165, 1.54) is 83.5 Å². The van der Waals surface area contributed by atoms with Crippen LogP contribution in [-0.4, -0.2) is 30.8 Å². The number of nitrogens with one attached hydrogen (secondary N) is 1. The van der Waals surface area contributed by atoms with Gasteiger partial charge in [0.2, 0.25) is 0 Å². The molecule has 268 valence electrons. The maximum absolute atomic E-state index is 12.5. The zero-order valence-electron chi connectivity index (χ0n) is 29.7. The molecule has 0 amide bonds. The summed E-state index contributed by atoms with van der Waals surface area (Å²) in [4.78, 5) is 29.1. The van der Waals surface area contributed by atoms with Gasteiger partial charge in [0.25, 0.3) is 0 Å². The zero-order chi connectivity index (χ0) is 35.1. The van der Waals surface area contributed by atoms with Crippen LogP contribution in [0.15, 0.2) is 94.2 Å². The number of benzene rings is 3. The van der Waals surface area contributed by atoms with E-state index in [0.717, 1.165) is 12.2 Å². The molecule has 0 spiro atoms. The minimum Gasteiger partial charge on any atom is -0.494 e. The van der Waals surface area contributed by atoms with Crippen molar-refractivity contribution in [1.82, 2.24) is 4.98 Å². The Balaban J connectivity index is 1.00. The molecule has 0 aliphatic heterocycles.